The van der Waals surface area contributed by atoms with Gasteiger partial charge in [0.05, 0.1) is 50.3 Å². The molecule has 0 atom stereocenters. The lowest BCUT2D eigenvalue weighted by atomic mass is 10.0. The number of aromatic carboxylic acids is 3. The summed E-state index contributed by atoms with van der Waals surface area (Å²) in [6, 6.07) is 55.4. The summed E-state index contributed by atoms with van der Waals surface area (Å²) in [5, 5.41) is 30.0. The number of hydrogen-bond donors (Lipinski definition) is 3. The fourth-order valence-electron chi connectivity index (χ4n) is 6.33. The highest BCUT2D eigenvalue weighted by molar-refractivity contribution is 6.05. The summed E-state index contributed by atoms with van der Waals surface area (Å²) < 4.78 is 0. The first-order valence-corrected chi connectivity index (χ1v) is 17.8. The zero-order valence-corrected chi connectivity index (χ0v) is 30.2. The van der Waals surface area contributed by atoms with Crippen molar-refractivity contribution in [2.24, 2.45) is 0 Å². The molecule has 0 aliphatic carbocycles. The molecule has 6 aromatic carbocycles. The van der Waals surface area contributed by atoms with Crippen molar-refractivity contribution < 1.29 is 29.7 Å². The maximum atomic E-state index is 11.4. The molecule has 276 valence electrons. The van der Waals surface area contributed by atoms with Crippen LogP contribution in [0, 0.1) is 0 Å². The van der Waals surface area contributed by atoms with Gasteiger partial charge in [-0.15, -0.1) is 0 Å². The molecule has 3 heterocycles. The van der Waals surface area contributed by atoms with Gasteiger partial charge in [-0.2, -0.15) is 0 Å². The lowest BCUT2D eigenvalue weighted by Crippen LogP contribution is -2.00. The molecule has 9 heteroatoms. The Balaban J connectivity index is 0.000000131. The van der Waals surface area contributed by atoms with E-state index in [0.29, 0.717) is 49.8 Å². The van der Waals surface area contributed by atoms with E-state index in [4.69, 9.17) is 0 Å². The smallest absolute Gasteiger partial charge is 0.336 e. The number of para-hydroxylation sites is 3. The summed E-state index contributed by atoms with van der Waals surface area (Å²) in [6.07, 6.45) is 0. The Kier molecular flexibility index (Phi) is 11.1. The molecule has 0 bridgehead atoms. The van der Waals surface area contributed by atoms with Crippen molar-refractivity contribution in [2.45, 2.75) is 0 Å². The standard InChI is InChI=1S/3C16H11NO2/c3*18-16(19)13-10-15(11-6-2-1-3-7-11)17-14-9-5-4-8-12(13)14/h3*1-10H,(H,18,19). The van der Waals surface area contributed by atoms with Crippen molar-refractivity contribution in [3.63, 3.8) is 0 Å². The third-order valence-electron chi connectivity index (χ3n) is 9.05. The van der Waals surface area contributed by atoms with Crippen LogP contribution in [0.5, 0.6) is 0 Å². The van der Waals surface area contributed by atoms with Crippen LogP contribution in [0.1, 0.15) is 31.1 Å². The third-order valence-corrected chi connectivity index (χ3v) is 9.05. The second-order valence-electron chi connectivity index (χ2n) is 12.7. The Hall–Kier alpha value is -8.04. The Morgan fingerprint density at radius 2 is 0.544 bits per heavy atom. The highest BCUT2D eigenvalue weighted by atomic mass is 16.4. The summed E-state index contributed by atoms with van der Waals surface area (Å²) in [4.78, 5) is 47.7. The van der Waals surface area contributed by atoms with E-state index >= 15 is 0 Å². The molecule has 0 aliphatic heterocycles. The van der Waals surface area contributed by atoms with Crippen LogP contribution < -0.4 is 0 Å². The molecule has 0 amide bonds. The average molecular weight is 748 g/mol. The lowest BCUT2D eigenvalue weighted by Gasteiger charge is -2.06. The van der Waals surface area contributed by atoms with Gasteiger partial charge in [0.1, 0.15) is 0 Å². The highest BCUT2D eigenvalue weighted by Gasteiger charge is 2.14. The number of hydrogen-bond acceptors (Lipinski definition) is 6. The van der Waals surface area contributed by atoms with E-state index in [9.17, 15) is 29.7 Å². The number of rotatable bonds is 6. The van der Waals surface area contributed by atoms with Crippen LogP contribution in [0.4, 0.5) is 0 Å². The van der Waals surface area contributed by atoms with Crippen LogP contribution in [0.3, 0.4) is 0 Å². The zero-order chi connectivity index (χ0) is 39.7. The van der Waals surface area contributed by atoms with Crippen molar-refractivity contribution in [1.29, 1.82) is 0 Å². The number of aromatic nitrogens is 3. The van der Waals surface area contributed by atoms with Crippen LogP contribution in [-0.2, 0) is 0 Å². The molecule has 3 aromatic heterocycles. The minimum atomic E-state index is -0.934. The number of fused-ring (bicyclic) bond motifs is 3. The third kappa shape index (κ3) is 8.53. The molecule has 0 spiro atoms. The number of nitrogens with zero attached hydrogens (tertiary/aromatic N) is 3. The molecule has 0 fully saturated rings. The van der Waals surface area contributed by atoms with Gasteiger partial charge >= 0.3 is 17.9 Å². The minimum absolute atomic E-state index is 0.282. The molecule has 0 saturated carbocycles. The van der Waals surface area contributed by atoms with Gasteiger partial charge < -0.3 is 15.3 Å². The Morgan fingerprint density at radius 1 is 0.316 bits per heavy atom. The highest BCUT2D eigenvalue weighted by Crippen LogP contribution is 2.27. The van der Waals surface area contributed by atoms with Gasteiger partial charge in [0.15, 0.2) is 0 Å². The van der Waals surface area contributed by atoms with Gasteiger partial charge in [-0.25, -0.2) is 29.3 Å². The van der Waals surface area contributed by atoms with Crippen molar-refractivity contribution >= 4 is 50.6 Å². The molecule has 57 heavy (non-hydrogen) atoms. The van der Waals surface area contributed by atoms with E-state index in [-0.39, 0.29) is 16.7 Å². The minimum Gasteiger partial charge on any atom is -0.478 e. The van der Waals surface area contributed by atoms with Gasteiger partial charge in [0.25, 0.3) is 0 Å². The summed E-state index contributed by atoms with van der Waals surface area (Å²) in [7, 11) is 0. The number of benzene rings is 6. The second-order valence-corrected chi connectivity index (χ2v) is 12.7. The van der Waals surface area contributed by atoms with E-state index in [1.807, 2.05) is 146 Å². The number of carbonyl (C=O) groups is 3. The SMILES string of the molecule is O=C(O)c1cc(-c2ccccc2)nc2ccccc12.O=C(O)c1cc(-c2ccccc2)nc2ccccc12.O=C(O)c1cc(-c2ccccc2)nc2ccccc12. The van der Waals surface area contributed by atoms with Gasteiger partial charge in [-0.1, -0.05) is 146 Å². The predicted octanol–water partition coefficient (Wildman–Crippen LogP) is 10.8. The largest absolute Gasteiger partial charge is 0.478 e. The molecular formula is C48H33N3O6. The summed E-state index contributed by atoms with van der Waals surface area (Å²) in [6.45, 7) is 0. The van der Waals surface area contributed by atoms with Gasteiger partial charge in [0.2, 0.25) is 0 Å². The first kappa shape index (κ1) is 37.3. The fraction of sp³-hybridized carbons (Fsp3) is 0. The molecule has 9 rings (SSSR count). The van der Waals surface area contributed by atoms with Crippen LogP contribution in [0.15, 0.2) is 182 Å². The summed E-state index contributed by atoms with van der Waals surface area (Å²) >= 11 is 0. The van der Waals surface area contributed by atoms with Crippen LogP contribution in [0.25, 0.3) is 66.5 Å². The van der Waals surface area contributed by atoms with Gasteiger partial charge in [0, 0.05) is 32.8 Å². The topological polar surface area (TPSA) is 151 Å². The van der Waals surface area contributed by atoms with Crippen molar-refractivity contribution in [1.82, 2.24) is 15.0 Å². The monoisotopic (exact) mass is 747 g/mol. The van der Waals surface area contributed by atoms with Crippen molar-refractivity contribution in [3.05, 3.63) is 199 Å². The van der Waals surface area contributed by atoms with Gasteiger partial charge in [-0.3, -0.25) is 0 Å². The predicted molar refractivity (Wildman–Crippen MR) is 222 cm³/mol. The van der Waals surface area contributed by atoms with E-state index in [2.05, 4.69) is 15.0 Å². The Labute approximate surface area is 326 Å². The summed E-state index contributed by atoms with van der Waals surface area (Å²) in [5.41, 5.74) is 7.70. The number of carboxylic acids is 3. The van der Waals surface area contributed by atoms with E-state index in [0.717, 1.165) is 16.7 Å². The molecule has 0 unspecified atom stereocenters. The fourth-order valence-corrected chi connectivity index (χ4v) is 6.33. The number of pyridine rings is 3. The van der Waals surface area contributed by atoms with E-state index in [1.54, 1.807) is 36.4 Å². The van der Waals surface area contributed by atoms with Crippen molar-refractivity contribution in [2.75, 3.05) is 0 Å². The molecule has 0 saturated heterocycles. The second kappa shape index (κ2) is 17.0. The van der Waals surface area contributed by atoms with E-state index < -0.39 is 17.9 Å². The van der Waals surface area contributed by atoms with Crippen LogP contribution in [0.2, 0.25) is 0 Å². The van der Waals surface area contributed by atoms with Crippen LogP contribution in [-0.4, -0.2) is 48.2 Å². The first-order valence-electron chi connectivity index (χ1n) is 17.8. The lowest BCUT2D eigenvalue weighted by molar-refractivity contribution is 0.0688. The van der Waals surface area contributed by atoms with Crippen LogP contribution >= 0.6 is 0 Å². The molecule has 3 N–H and O–H groups in total. The molecule has 0 aliphatic rings. The maximum absolute atomic E-state index is 11.4. The maximum Gasteiger partial charge on any atom is 0.336 e. The van der Waals surface area contributed by atoms with Gasteiger partial charge in [-0.05, 0) is 36.4 Å². The summed E-state index contributed by atoms with van der Waals surface area (Å²) in [5.74, 6) is -2.80. The molecule has 9 aromatic rings. The average Bonchev–Trinajstić information content (AvgIpc) is 3.26. The molecular weight excluding hydrogens is 715 g/mol. The quantitative estimate of drug-likeness (QED) is 0.151. The number of carboxylic acid groups (broad SMARTS) is 3. The normalized spacial score (nSPS) is 10.5. The molecule has 9 nitrogen and oxygen atoms in total. The zero-order valence-electron chi connectivity index (χ0n) is 30.2. The van der Waals surface area contributed by atoms with E-state index in [1.165, 1.54) is 0 Å². The van der Waals surface area contributed by atoms with Crippen molar-refractivity contribution in [3.8, 4) is 33.8 Å². The first-order chi connectivity index (χ1) is 27.8. The molecule has 0 radical (unpaired) electrons. The Bertz CT molecular complexity index is 2570. The Morgan fingerprint density at radius 3 is 0.789 bits per heavy atom.